The predicted molar refractivity (Wildman–Crippen MR) is 38.3 cm³/mol. The molecule has 0 amide bonds. The van der Waals surface area contributed by atoms with Gasteiger partial charge in [-0.3, -0.25) is 0 Å². The molecule has 1 nitrogen and oxygen atoms in total. The smallest absolute Gasteiger partial charge is 0.0775 e. The molecule has 9 heavy (non-hydrogen) atoms. The first-order chi connectivity index (χ1) is 4.18. The topological polar surface area (TPSA) is 20.2 Å². The van der Waals surface area contributed by atoms with Gasteiger partial charge in [0.15, 0.2) is 0 Å². The van der Waals surface area contributed by atoms with Gasteiger partial charge < -0.3 is 5.11 Å². The number of aliphatic hydroxyl groups is 1. The first kappa shape index (κ1) is 6.84. The van der Waals surface area contributed by atoms with Crippen LogP contribution in [-0.4, -0.2) is 11.2 Å². The van der Waals surface area contributed by atoms with Gasteiger partial charge in [-0.2, -0.15) is 0 Å². The summed E-state index contributed by atoms with van der Waals surface area (Å²) in [7, 11) is 0. The molecule has 0 aliphatic heterocycles. The van der Waals surface area contributed by atoms with Crippen LogP contribution in [-0.2, 0) is 0 Å². The van der Waals surface area contributed by atoms with Crippen LogP contribution in [0.1, 0.15) is 13.3 Å². The molecule has 0 aromatic rings. The second-order valence-electron chi connectivity index (χ2n) is 2.31. The van der Waals surface area contributed by atoms with Crippen molar-refractivity contribution >= 4 is 11.6 Å². The summed E-state index contributed by atoms with van der Waals surface area (Å²) in [6, 6.07) is 0. The molecule has 2 heteroatoms. The van der Waals surface area contributed by atoms with E-state index >= 15 is 0 Å². The van der Waals surface area contributed by atoms with Gasteiger partial charge in [-0.1, -0.05) is 17.2 Å². The number of hydrogen-bond acceptors (Lipinski definition) is 1. The SMILES string of the molecule is CC1=CC(Cl)=CC(O)C1. The number of rotatable bonds is 0. The van der Waals surface area contributed by atoms with Crippen LogP contribution in [0.4, 0.5) is 0 Å². The zero-order chi connectivity index (χ0) is 6.85. The molecule has 0 saturated carbocycles. The van der Waals surface area contributed by atoms with E-state index < -0.39 is 0 Å². The Hall–Kier alpha value is -0.270. The quantitative estimate of drug-likeness (QED) is 0.550. The summed E-state index contributed by atoms with van der Waals surface area (Å²) in [6.07, 6.45) is 3.86. The zero-order valence-electron chi connectivity index (χ0n) is 5.26. The highest BCUT2D eigenvalue weighted by Gasteiger charge is 2.07. The fourth-order valence-electron chi connectivity index (χ4n) is 0.915. The molecule has 1 atom stereocenters. The molecule has 50 valence electrons. The number of halogens is 1. The zero-order valence-corrected chi connectivity index (χ0v) is 6.02. The maximum absolute atomic E-state index is 9.05. The highest BCUT2D eigenvalue weighted by atomic mass is 35.5. The van der Waals surface area contributed by atoms with Gasteiger partial charge in [0.1, 0.15) is 0 Å². The third kappa shape index (κ3) is 1.84. The third-order valence-corrected chi connectivity index (χ3v) is 1.50. The monoisotopic (exact) mass is 144 g/mol. The van der Waals surface area contributed by atoms with Gasteiger partial charge in [0.05, 0.1) is 6.10 Å². The molecule has 0 heterocycles. The third-order valence-electron chi connectivity index (χ3n) is 1.27. The van der Waals surface area contributed by atoms with Crippen LogP contribution in [0, 0.1) is 0 Å². The van der Waals surface area contributed by atoms with Gasteiger partial charge in [0, 0.05) is 5.03 Å². The molecule has 0 fully saturated rings. The van der Waals surface area contributed by atoms with Crippen molar-refractivity contribution in [2.24, 2.45) is 0 Å². The summed E-state index contributed by atoms with van der Waals surface area (Å²) in [5, 5.41) is 9.69. The van der Waals surface area contributed by atoms with Crippen molar-refractivity contribution in [3.8, 4) is 0 Å². The Morgan fingerprint density at radius 3 is 2.89 bits per heavy atom. The lowest BCUT2D eigenvalue weighted by molar-refractivity contribution is 0.222. The second kappa shape index (κ2) is 2.54. The summed E-state index contributed by atoms with van der Waals surface area (Å²) in [6.45, 7) is 1.96. The van der Waals surface area contributed by atoms with E-state index in [2.05, 4.69) is 0 Å². The molecule has 0 spiro atoms. The molecular formula is C7H9ClO. The predicted octanol–water partition coefficient (Wildman–Crippen LogP) is 1.82. The van der Waals surface area contributed by atoms with E-state index in [1.165, 1.54) is 0 Å². The average molecular weight is 145 g/mol. The average Bonchev–Trinajstić information content (AvgIpc) is 1.59. The lowest BCUT2D eigenvalue weighted by Gasteiger charge is -2.10. The Balaban J connectivity index is 2.74. The van der Waals surface area contributed by atoms with Crippen LogP contribution in [0.5, 0.6) is 0 Å². The Bertz CT molecular complexity index is 170. The van der Waals surface area contributed by atoms with E-state index in [1.807, 2.05) is 13.0 Å². The minimum Gasteiger partial charge on any atom is -0.389 e. The lowest BCUT2D eigenvalue weighted by Crippen LogP contribution is -2.06. The van der Waals surface area contributed by atoms with Crippen LogP contribution in [0.2, 0.25) is 0 Å². The molecule has 0 radical (unpaired) electrons. The highest BCUT2D eigenvalue weighted by molar-refractivity contribution is 6.31. The Morgan fingerprint density at radius 2 is 2.44 bits per heavy atom. The lowest BCUT2D eigenvalue weighted by atomic mass is 10.0. The molecule has 0 saturated heterocycles. The maximum Gasteiger partial charge on any atom is 0.0775 e. The van der Waals surface area contributed by atoms with Gasteiger partial charge in [0.2, 0.25) is 0 Å². The molecule has 1 N–H and O–H groups in total. The minimum absolute atomic E-state index is 0.373. The summed E-state index contributed by atoms with van der Waals surface area (Å²) < 4.78 is 0. The molecule has 1 unspecified atom stereocenters. The van der Waals surface area contributed by atoms with E-state index in [0.29, 0.717) is 5.03 Å². The number of hydrogen-bond donors (Lipinski definition) is 1. The Labute approximate surface area is 59.6 Å². The van der Waals surface area contributed by atoms with E-state index in [4.69, 9.17) is 16.7 Å². The van der Waals surface area contributed by atoms with Crippen molar-refractivity contribution in [2.75, 3.05) is 0 Å². The fraction of sp³-hybridized carbons (Fsp3) is 0.429. The fourth-order valence-corrected chi connectivity index (χ4v) is 1.25. The van der Waals surface area contributed by atoms with E-state index in [-0.39, 0.29) is 6.10 Å². The minimum atomic E-state index is -0.373. The molecule has 0 aromatic carbocycles. The van der Waals surface area contributed by atoms with Gasteiger partial charge >= 0.3 is 0 Å². The van der Waals surface area contributed by atoms with Crippen molar-refractivity contribution in [2.45, 2.75) is 19.4 Å². The van der Waals surface area contributed by atoms with Gasteiger partial charge in [-0.25, -0.2) is 0 Å². The maximum atomic E-state index is 9.05. The molecule has 0 aromatic heterocycles. The summed E-state index contributed by atoms with van der Waals surface area (Å²) in [5.74, 6) is 0. The molecular weight excluding hydrogens is 136 g/mol. The first-order valence-corrected chi connectivity index (χ1v) is 3.29. The van der Waals surface area contributed by atoms with Gasteiger partial charge in [-0.15, -0.1) is 0 Å². The molecule has 1 rings (SSSR count). The van der Waals surface area contributed by atoms with Gasteiger partial charge in [-0.05, 0) is 25.5 Å². The Morgan fingerprint density at radius 1 is 1.78 bits per heavy atom. The number of aliphatic hydroxyl groups excluding tert-OH is 1. The van der Waals surface area contributed by atoms with E-state index in [0.717, 1.165) is 12.0 Å². The normalized spacial score (nSPS) is 27.2. The van der Waals surface area contributed by atoms with Crippen LogP contribution in [0.3, 0.4) is 0 Å². The molecule has 1 aliphatic rings. The van der Waals surface area contributed by atoms with Crippen LogP contribution in [0.15, 0.2) is 22.8 Å². The largest absolute Gasteiger partial charge is 0.389 e. The van der Waals surface area contributed by atoms with E-state index in [1.54, 1.807) is 6.08 Å². The van der Waals surface area contributed by atoms with Crippen molar-refractivity contribution in [3.63, 3.8) is 0 Å². The van der Waals surface area contributed by atoms with Crippen LogP contribution < -0.4 is 0 Å². The molecule has 0 bridgehead atoms. The van der Waals surface area contributed by atoms with Crippen molar-refractivity contribution < 1.29 is 5.11 Å². The molecule has 1 aliphatic carbocycles. The van der Waals surface area contributed by atoms with E-state index in [9.17, 15) is 0 Å². The van der Waals surface area contributed by atoms with Crippen molar-refractivity contribution in [1.82, 2.24) is 0 Å². The second-order valence-corrected chi connectivity index (χ2v) is 2.75. The first-order valence-electron chi connectivity index (χ1n) is 2.91. The summed E-state index contributed by atoms with van der Waals surface area (Å²) in [4.78, 5) is 0. The van der Waals surface area contributed by atoms with Crippen LogP contribution in [0.25, 0.3) is 0 Å². The summed E-state index contributed by atoms with van der Waals surface area (Å²) in [5.41, 5.74) is 1.13. The van der Waals surface area contributed by atoms with Crippen molar-refractivity contribution in [1.29, 1.82) is 0 Å². The highest BCUT2D eigenvalue weighted by Crippen LogP contribution is 2.19. The summed E-state index contributed by atoms with van der Waals surface area (Å²) >= 11 is 5.63. The van der Waals surface area contributed by atoms with Crippen LogP contribution >= 0.6 is 11.6 Å². The Kier molecular flexibility index (Phi) is 1.94. The van der Waals surface area contributed by atoms with Crippen molar-refractivity contribution in [3.05, 3.63) is 22.8 Å². The number of allylic oxidation sites excluding steroid dienone is 2. The standard InChI is InChI=1S/C7H9ClO/c1-5-2-6(8)4-7(9)3-5/h2,4,7,9H,3H2,1H3. The van der Waals surface area contributed by atoms with Gasteiger partial charge in [0.25, 0.3) is 0 Å².